The summed E-state index contributed by atoms with van der Waals surface area (Å²) in [5.74, 6) is -0.191. The van der Waals surface area contributed by atoms with E-state index in [0.29, 0.717) is 5.58 Å². The quantitative estimate of drug-likeness (QED) is 0.611. The number of nitrogens with zero attached hydrogens (tertiary/aromatic N) is 1. The van der Waals surface area contributed by atoms with Gasteiger partial charge >= 0.3 is 5.63 Å². The van der Waals surface area contributed by atoms with Gasteiger partial charge in [0.2, 0.25) is 0 Å². The number of benzene rings is 1. The molecule has 19 heavy (non-hydrogen) atoms. The Morgan fingerprint density at radius 3 is 2.58 bits per heavy atom. The van der Waals surface area contributed by atoms with Gasteiger partial charge in [0.05, 0.1) is 6.54 Å². The highest BCUT2D eigenvalue weighted by molar-refractivity contribution is 5.99. The van der Waals surface area contributed by atoms with Gasteiger partial charge in [-0.15, -0.1) is 0 Å². The molecule has 1 aromatic heterocycles. The van der Waals surface area contributed by atoms with Crippen molar-refractivity contribution in [3.05, 3.63) is 46.3 Å². The van der Waals surface area contributed by atoms with Crippen LogP contribution in [0.2, 0.25) is 0 Å². The molecule has 0 radical (unpaired) electrons. The molecular weight excluding hydrogens is 242 g/mol. The molecule has 0 spiro atoms. The van der Waals surface area contributed by atoms with Gasteiger partial charge in [0.1, 0.15) is 11.1 Å². The highest BCUT2D eigenvalue weighted by Gasteiger charge is 2.15. The first kappa shape index (κ1) is 13.5. The third-order valence-corrected chi connectivity index (χ3v) is 3.20. The Kier molecular flexibility index (Phi) is 4.12. The Bertz CT molecular complexity index is 641. The van der Waals surface area contributed by atoms with E-state index in [4.69, 9.17) is 4.42 Å². The lowest BCUT2D eigenvalue weighted by Gasteiger charge is -2.16. The van der Waals surface area contributed by atoms with E-state index in [2.05, 4.69) is 0 Å². The van der Waals surface area contributed by atoms with Crippen LogP contribution in [0.15, 0.2) is 39.5 Å². The number of rotatable bonds is 5. The lowest BCUT2D eigenvalue weighted by atomic mass is 10.1. The summed E-state index contributed by atoms with van der Waals surface area (Å²) < 4.78 is 5.17. The summed E-state index contributed by atoms with van der Waals surface area (Å²) in [6.07, 6.45) is 0. The Labute approximate surface area is 111 Å². The number of hydrogen-bond acceptors (Lipinski definition) is 4. The standard InChI is InChI=1S/C15H17NO3/c1-3-16(4-2)10-13(17)12-9-11-7-5-6-8-14(11)19-15(12)18/h5-9H,3-4,10H2,1-2H3. The molecule has 0 saturated heterocycles. The van der Waals surface area contributed by atoms with Crippen LogP contribution >= 0.6 is 0 Å². The summed E-state index contributed by atoms with van der Waals surface area (Å²) >= 11 is 0. The molecule has 0 aliphatic carbocycles. The van der Waals surface area contributed by atoms with Gasteiger partial charge in [0.15, 0.2) is 5.78 Å². The third kappa shape index (κ3) is 2.90. The fourth-order valence-electron chi connectivity index (χ4n) is 1.99. The molecular formula is C15H17NO3. The highest BCUT2D eigenvalue weighted by atomic mass is 16.4. The molecule has 1 heterocycles. The van der Waals surface area contributed by atoms with Crippen LogP contribution in [0, 0.1) is 0 Å². The number of likely N-dealkylation sites (N-methyl/N-ethyl adjacent to an activating group) is 1. The molecule has 0 aliphatic heterocycles. The van der Waals surface area contributed by atoms with Crippen molar-refractivity contribution in [2.45, 2.75) is 13.8 Å². The van der Waals surface area contributed by atoms with Crippen LogP contribution in [0.1, 0.15) is 24.2 Å². The molecule has 0 unspecified atom stereocenters. The maximum absolute atomic E-state index is 12.1. The van der Waals surface area contributed by atoms with Crippen LogP contribution in [0.5, 0.6) is 0 Å². The lowest BCUT2D eigenvalue weighted by Crippen LogP contribution is -2.31. The van der Waals surface area contributed by atoms with Crippen LogP contribution in [-0.2, 0) is 0 Å². The number of Topliss-reactive ketones (excluding diaryl/α,β-unsaturated/α-hetero) is 1. The third-order valence-electron chi connectivity index (χ3n) is 3.20. The molecule has 0 amide bonds. The Hall–Kier alpha value is -1.94. The van der Waals surface area contributed by atoms with E-state index in [0.717, 1.165) is 18.5 Å². The van der Waals surface area contributed by atoms with Crippen molar-refractivity contribution in [3.63, 3.8) is 0 Å². The molecule has 4 heteroatoms. The van der Waals surface area contributed by atoms with Gasteiger partial charge in [-0.2, -0.15) is 0 Å². The average molecular weight is 259 g/mol. The lowest BCUT2D eigenvalue weighted by molar-refractivity contribution is 0.0934. The SMILES string of the molecule is CCN(CC)CC(=O)c1cc2ccccc2oc1=O. The van der Waals surface area contributed by atoms with Crippen molar-refractivity contribution in [3.8, 4) is 0 Å². The summed E-state index contributed by atoms with van der Waals surface area (Å²) in [6, 6.07) is 8.80. The molecule has 0 fully saturated rings. The monoisotopic (exact) mass is 259 g/mol. The topological polar surface area (TPSA) is 50.5 Å². The van der Waals surface area contributed by atoms with E-state index in [9.17, 15) is 9.59 Å². The molecule has 0 saturated carbocycles. The zero-order chi connectivity index (χ0) is 13.8. The first-order chi connectivity index (χ1) is 9.15. The maximum atomic E-state index is 12.1. The molecule has 0 atom stereocenters. The van der Waals surface area contributed by atoms with Crippen molar-refractivity contribution >= 4 is 16.8 Å². The van der Waals surface area contributed by atoms with E-state index in [1.165, 1.54) is 0 Å². The zero-order valence-corrected chi connectivity index (χ0v) is 11.2. The molecule has 0 aliphatic rings. The van der Waals surface area contributed by atoms with Gasteiger partial charge in [-0.3, -0.25) is 9.69 Å². The second kappa shape index (κ2) is 5.80. The Balaban J connectivity index is 2.36. The number of fused-ring (bicyclic) bond motifs is 1. The van der Waals surface area contributed by atoms with Gasteiger partial charge in [0.25, 0.3) is 0 Å². The van der Waals surface area contributed by atoms with Crippen LogP contribution in [-0.4, -0.2) is 30.3 Å². The molecule has 0 bridgehead atoms. The van der Waals surface area contributed by atoms with Crippen LogP contribution < -0.4 is 5.63 Å². The van der Waals surface area contributed by atoms with Crippen molar-refractivity contribution in [2.24, 2.45) is 0 Å². The molecule has 1 aromatic carbocycles. The fraction of sp³-hybridized carbons (Fsp3) is 0.333. The predicted molar refractivity (Wildman–Crippen MR) is 74.6 cm³/mol. The van der Waals surface area contributed by atoms with Gasteiger partial charge in [-0.05, 0) is 25.2 Å². The van der Waals surface area contributed by atoms with Gasteiger partial charge in [0, 0.05) is 5.39 Å². The second-order valence-electron chi connectivity index (χ2n) is 4.37. The number of carbonyl (C=O) groups excluding carboxylic acids is 1. The predicted octanol–water partition coefficient (Wildman–Crippen LogP) is 2.32. The zero-order valence-electron chi connectivity index (χ0n) is 11.2. The van der Waals surface area contributed by atoms with E-state index < -0.39 is 5.63 Å². The summed E-state index contributed by atoms with van der Waals surface area (Å²) in [5.41, 5.74) is 0.0772. The minimum atomic E-state index is -0.559. The molecule has 4 nitrogen and oxygen atoms in total. The Morgan fingerprint density at radius 1 is 1.21 bits per heavy atom. The second-order valence-corrected chi connectivity index (χ2v) is 4.37. The highest BCUT2D eigenvalue weighted by Crippen LogP contribution is 2.13. The van der Waals surface area contributed by atoms with Crippen LogP contribution in [0.4, 0.5) is 0 Å². The number of hydrogen-bond donors (Lipinski definition) is 0. The van der Waals surface area contributed by atoms with Gasteiger partial charge in [-0.25, -0.2) is 4.79 Å². The smallest absolute Gasteiger partial charge is 0.347 e. The fourth-order valence-corrected chi connectivity index (χ4v) is 1.99. The normalized spacial score (nSPS) is 11.1. The van der Waals surface area contributed by atoms with Crippen molar-refractivity contribution < 1.29 is 9.21 Å². The van der Waals surface area contributed by atoms with E-state index in [1.807, 2.05) is 30.9 Å². The first-order valence-electron chi connectivity index (χ1n) is 6.44. The van der Waals surface area contributed by atoms with Crippen LogP contribution in [0.3, 0.4) is 0 Å². The minimum absolute atomic E-state index is 0.130. The minimum Gasteiger partial charge on any atom is -0.422 e. The molecule has 100 valence electrons. The number of para-hydroxylation sites is 1. The van der Waals surface area contributed by atoms with Crippen molar-refractivity contribution in [1.29, 1.82) is 0 Å². The summed E-state index contributed by atoms with van der Waals surface area (Å²) in [7, 11) is 0. The van der Waals surface area contributed by atoms with E-state index in [-0.39, 0.29) is 17.9 Å². The summed E-state index contributed by atoms with van der Waals surface area (Å²) in [5, 5.41) is 0.769. The largest absolute Gasteiger partial charge is 0.422 e. The molecule has 2 aromatic rings. The van der Waals surface area contributed by atoms with E-state index >= 15 is 0 Å². The van der Waals surface area contributed by atoms with Gasteiger partial charge in [-0.1, -0.05) is 32.0 Å². The average Bonchev–Trinajstić information content (AvgIpc) is 2.43. The maximum Gasteiger partial charge on any atom is 0.347 e. The number of carbonyl (C=O) groups is 1. The molecule has 2 rings (SSSR count). The number of ketones is 1. The van der Waals surface area contributed by atoms with Gasteiger partial charge < -0.3 is 4.42 Å². The van der Waals surface area contributed by atoms with E-state index in [1.54, 1.807) is 18.2 Å². The summed E-state index contributed by atoms with van der Waals surface area (Å²) in [4.78, 5) is 25.9. The summed E-state index contributed by atoms with van der Waals surface area (Å²) in [6.45, 7) is 5.78. The van der Waals surface area contributed by atoms with Crippen molar-refractivity contribution in [1.82, 2.24) is 4.90 Å². The van der Waals surface area contributed by atoms with Crippen LogP contribution in [0.25, 0.3) is 11.0 Å². The molecule has 0 N–H and O–H groups in total. The first-order valence-corrected chi connectivity index (χ1v) is 6.44. The van der Waals surface area contributed by atoms with Crippen molar-refractivity contribution in [2.75, 3.05) is 19.6 Å². The Morgan fingerprint density at radius 2 is 1.89 bits per heavy atom.